The summed E-state index contributed by atoms with van der Waals surface area (Å²) in [5.41, 5.74) is -0.309. The third-order valence-electron chi connectivity index (χ3n) is 4.34. The van der Waals surface area contributed by atoms with Gasteiger partial charge in [0.2, 0.25) is 5.91 Å². The summed E-state index contributed by atoms with van der Waals surface area (Å²) in [6.07, 6.45) is -0.711. The van der Waals surface area contributed by atoms with Crippen LogP contribution >= 0.6 is 11.6 Å². The molecule has 0 saturated carbocycles. The maximum Gasteiger partial charge on any atom is 0.408 e. The molecule has 164 valence electrons. The highest BCUT2D eigenvalue weighted by Gasteiger charge is 2.38. The number of methoxy groups -OCH3 is 1. The molecule has 0 aromatic heterocycles. The Hall–Kier alpha value is -2.81. The zero-order valence-electron chi connectivity index (χ0n) is 17.4. The topological polar surface area (TPSA) is 105 Å². The van der Waals surface area contributed by atoms with E-state index in [4.69, 9.17) is 21.1 Å². The van der Waals surface area contributed by atoms with Crippen molar-refractivity contribution in [3.8, 4) is 0 Å². The number of nitrogens with one attached hydrogen (secondary N) is 1. The van der Waals surface area contributed by atoms with Gasteiger partial charge in [-0.25, -0.2) is 9.59 Å². The molecule has 0 aliphatic carbocycles. The molecule has 1 atom stereocenters. The summed E-state index contributed by atoms with van der Waals surface area (Å²) < 4.78 is 9.93. The number of ether oxygens (including phenoxy) is 2. The van der Waals surface area contributed by atoms with Crippen molar-refractivity contribution in [2.75, 3.05) is 33.3 Å². The molecule has 0 spiro atoms. The lowest BCUT2D eigenvalue weighted by Gasteiger charge is -2.40. The van der Waals surface area contributed by atoms with Crippen molar-refractivity contribution < 1.29 is 28.7 Å². The van der Waals surface area contributed by atoms with Gasteiger partial charge in [-0.2, -0.15) is 0 Å². The Morgan fingerprint density at radius 2 is 1.77 bits per heavy atom. The molecule has 1 heterocycles. The number of amides is 3. The molecule has 3 amide bonds. The fourth-order valence-corrected chi connectivity index (χ4v) is 3.05. The Bertz CT molecular complexity index is 806. The van der Waals surface area contributed by atoms with E-state index in [0.717, 1.165) is 0 Å². The average molecular weight is 440 g/mol. The molecule has 0 radical (unpaired) electrons. The first kappa shape index (κ1) is 23.5. The predicted molar refractivity (Wildman–Crippen MR) is 109 cm³/mol. The smallest absolute Gasteiger partial charge is 0.408 e. The first-order chi connectivity index (χ1) is 14.0. The van der Waals surface area contributed by atoms with Crippen molar-refractivity contribution in [3.63, 3.8) is 0 Å². The number of esters is 1. The number of rotatable bonds is 4. The van der Waals surface area contributed by atoms with Gasteiger partial charge in [0.05, 0.1) is 13.7 Å². The molecular weight excluding hydrogens is 414 g/mol. The molecule has 1 aliphatic heterocycles. The number of benzene rings is 1. The Balaban J connectivity index is 2.04. The van der Waals surface area contributed by atoms with Crippen molar-refractivity contribution in [1.82, 2.24) is 15.1 Å². The lowest BCUT2D eigenvalue weighted by atomic mass is 10.1. The van der Waals surface area contributed by atoms with Crippen molar-refractivity contribution in [3.05, 3.63) is 34.9 Å². The molecule has 1 aliphatic rings. The summed E-state index contributed by atoms with van der Waals surface area (Å²) in [5, 5.41) is 2.89. The minimum absolute atomic E-state index is 0.0408. The van der Waals surface area contributed by atoms with Crippen LogP contribution in [0.1, 0.15) is 31.1 Å². The SMILES string of the molecule is COC(=O)[C@H]1CN(C(=O)CNC(=O)OC(C)(C)C)CCN1C(=O)c1ccc(Cl)cc1. The fraction of sp³-hybridized carbons (Fsp3) is 0.500. The van der Waals surface area contributed by atoms with E-state index in [2.05, 4.69) is 5.32 Å². The van der Waals surface area contributed by atoms with Crippen molar-refractivity contribution >= 4 is 35.5 Å². The Labute approximate surface area is 180 Å². The number of hydrogen-bond donors (Lipinski definition) is 1. The van der Waals surface area contributed by atoms with E-state index in [1.54, 1.807) is 45.0 Å². The molecule has 9 nitrogen and oxygen atoms in total. The highest BCUT2D eigenvalue weighted by atomic mass is 35.5. The van der Waals surface area contributed by atoms with Gasteiger partial charge in [0, 0.05) is 23.7 Å². The van der Waals surface area contributed by atoms with Crippen LogP contribution in [0.2, 0.25) is 5.02 Å². The summed E-state index contributed by atoms with van der Waals surface area (Å²) >= 11 is 5.86. The van der Waals surface area contributed by atoms with Crippen LogP contribution in [0.3, 0.4) is 0 Å². The number of carbonyl (C=O) groups is 4. The van der Waals surface area contributed by atoms with Crippen LogP contribution in [0.5, 0.6) is 0 Å². The molecule has 10 heteroatoms. The molecule has 2 rings (SSSR count). The molecule has 0 unspecified atom stereocenters. The minimum atomic E-state index is -0.961. The molecule has 1 N–H and O–H groups in total. The first-order valence-electron chi connectivity index (χ1n) is 9.41. The van der Waals surface area contributed by atoms with Crippen molar-refractivity contribution in [2.24, 2.45) is 0 Å². The zero-order valence-corrected chi connectivity index (χ0v) is 18.2. The highest BCUT2D eigenvalue weighted by molar-refractivity contribution is 6.30. The predicted octanol–water partition coefficient (Wildman–Crippen LogP) is 1.69. The highest BCUT2D eigenvalue weighted by Crippen LogP contribution is 2.17. The molecule has 1 saturated heterocycles. The Morgan fingerprint density at radius 3 is 2.33 bits per heavy atom. The summed E-state index contributed by atoms with van der Waals surface area (Å²) in [7, 11) is 1.22. The van der Waals surface area contributed by atoms with Gasteiger partial charge in [-0.15, -0.1) is 0 Å². The maximum atomic E-state index is 12.9. The fourth-order valence-electron chi connectivity index (χ4n) is 2.92. The van der Waals surface area contributed by atoms with Gasteiger partial charge in [0.1, 0.15) is 18.2 Å². The standard InChI is InChI=1S/C20H26ClN3O6/c1-20(2,3)30-19(28)22-11-16(25)23-9-10-24(15(12-23)18(27)29-4)17(26)13-5-7-14(21)8-6-13/h5-8,15H,9-12H2,1-4H3,(H,22,28)/t15-/m1/s1. The van der Waals surface area contributed by atoms with Gasteiger partial charge in [-0.3, -0.25) is 9.59 Å². The summed E-state index contributed by atoms with van der Waals surface area (Å²) in [6.45, 7) is 5.17. The molecule has 0 bridgehead atoms. The molecule has 30 heavy (non-hydrogen) atoms. The summed E-state index contributed by atoms with van der Waals surface area (Å²) in [5.74, 6) is -1.38. The number of carbonyl (C=O) groups excluding carboxylic acids is 4. The summed E-state index contributed by atoms with van der Waals surface area (Å²) in [4.78, 5) is 52.2. The second kappa shape index (κ2) is 9.80. The van der Waals surface area contributed by atoms with Gasteiger partial charge in [0.25, 0.3) is 5.91 Å². The van der Waals surface area contributed by atoms with E-state index < -0.39 is 29.6 Å². The first-order valence-corrected chi connectivity index (χ1v) is 9.78. The van der Waals surface area contributed by atoms with Crippen LogP contribution in [-0.4, -0.2) is 78.6 Å². The van der Waals surface area contributed by atoms with E-state index in [1.165, 1.54) is 16.9 Å². The monoisotopic (exact) mass is 439 g/mol. The number of alkyl carbamates (subject to hydrolysis) is 1. The van der Waals surface area contributed by atoms with Crippen LogP contribution < -0.4 is 5.32 Å². The van der Waals surface area contributed by atoms with E-state index in [9.17, 15) is 19.2 Å². The molecular formula is C20H26ClN3O6. The lowest BCUT2D eigenvalue weighted by molar-refractivity contribution is -0.150. The van der Waals surface area contributed by atoms with E-state index in [0.29, 0.717) is 10.6 Å². The maximum absolute atomic E-state index is 12.9. The second-order valence-corrected chi connectivity index (χ2v) is 8.18. The van der Waals surface area contributed by atoms with Crippen LogP contribution in [0.4, 0.5) is 4.79 Å². The Morgan fingerprint density at radius 1 is 1.13 bits per heavy atom. The quantitative estimate of drug-likeness (QED) is 0.716. The number of piperazine rings is 1. The largest absolute Gasteiger partial charge is 0.467 e. The summed E-state index contributed by atoms with van der Waals surface area (Å²) in [6, 6.07) is 5.36. The van der Waals surface area contributed by atoms with Crippen LogP contribution in [0.25, 0.3) is 0 Å². The van der Waals surface area contributed by atoms with E-state index in [1.807, 2.05) is 0 Å². The number of halogens is 1. The second-order valence-electron chi connectivity index (χ2n) is 7.74. The third-order valence-corrected chi connectivity index (χ3v) is 4.59. The van der Waals surface area contributed by atoms with Crippen molar-refractivity contribution in [1.29, 1.82) is 0 Å². The van der Waals surface area contributed by atoms with Crippen LogP contribution in [0, 0.1) is 0 Å². The normalized spacial score (nSPS) is 16.6. The lowest BCUT2D eigenvalue weighted by Crippen LogP contribution is -2.60. The molecule has 1 aromatic carbocycles. The average Bonchev–Trinajstić information content (AvgIpc) is 2.69. The van der Waals surface area contributed by atoms with Crippen LogP contribution in [-0.2, 0) is 19.1 Å². The van der Waals surface area contributed by atoms with Crippen LogP contribution in [0.15, 0.2) is 24.3 Å². The van der Waals surface area contributed by atoms with E-state index in [-0.39, 0.29) is 32.1 Å². The number of nitrogens with zero attached hydrogens (tertiary/aromatic N) is 2. The molecule has 1 fully saturated rings. The van der Waals surface area contributed by atoms with Gasteiger partial charge >= 0.3 is 12.1 Å². The number of hydrogen-bond acceptors (Lipinski definition) is 6. The van der Waals surface area contributed by atoms with Gasteiger partial charge in [-0.05, 0) is 45.0 Å². The van der Waals surface area contributed by atoms with Gasteiger partial charge in [-0.1, -0.05) is 11.6 Å². The third kappa shape index (κ3) is 6.35. The van der Waals surface area contributed by atoms with Gasteiger partial charge < -0.3 is 24.6 Å². The minimum Gasteiger partial charge on any atom is -0.467 e. The zero-order chi connectivity index (χ0) is 22.5. The van der Waals surface area contributed by atoms with E-state index >= 15 is 0 Å². The molecule has 1 aromatic rings. The Kier molecular flexibility index (Phi) is 7.66. The van der Waals surface area contributed by atoms with Gasteiger partial charge in [0.15, 0.2) is 0 Å². The van der Waals surface area contributed by atoms with Crippen molar-refractivity contribution in [2.45, 2.75) is 32.4 Å².